The third-order valence-electron chi connectivity index (χ3n) is 2.63. The van der Waals surface area contributed by atoms with E-state index in [1.54, 1.807) is 0 Å². The molecule has 1 aromatic heterocycles. The molecule has 0 amide bonds. The number of hydrogen-bond acceptors (Lipinski definition) is 3. The third-order valence-corrected chi connectivity index (χ3v) is 3.57. The lowest BCUT2D eigenvalue weighted by molar-refractivity contribution is -0.123. The molecule has 1 aromatic rings. The van der Waals surface area contributed by atoms with Crippen molar-refractivity contribution < 1.29 is 4.79 Å². The normalized spacial score (nSPS) is 12.4. The van der Waals surface area contributed by atoms with Gasteiger partial charge < -0.3 is 0 Å². The fourth-order valence-electron chi connectivity index (χ4n) is 1.65. The van der Waals surface area contributed by atoms with Crippen molar-refractivity contribution in [2.75, 3.05) is 0 Å². The molecule has 1 heterocycles. The van der Waals surface area contributed by atoms with E-state index in [1.165, 1.54) is 11.3 Å². The lowest BCUT2D eigenvalue weighted by Crippen LogP contribution is -2.19. The van der Waals surface area contributed by atoms with Crippen molar-refractivity contribution in [1.82, 2.24) is 0 Å². The van der Waals surface area contributed by atoms with Crippen LogP contribution in [0, 0.1) is 17.2 Å². The van der Waals surface area contributed by atoms with E-state index in [0.717, 1.165) is 17.7 Å². The number of ketones is 1. The molecule has 0 spiro atoms. The average molecular weight is 221 g/mol. The van der Waals surface area contributed by atoms with Gasteiger partial charge >= 0.3 is 0 Å². The molecule has 3 heteroatoms. The fraction of sp³-hybridized carbons (Fsp3) is 0.500. The Morgan fingerprint density at radius 1 is 1.53 bits per heavy atom. The zero-order valence-electron chi connectivity index (χ0n) is 9.06. The molecule has 0 aliphatic heterocycles. The van der Waals surface area contributed by atoms with Crippen molar-refractivity contribution in [3.05, 3.63) is 22.4 Å². The van der Waals surface area contributed by atoms with Crippen LogP contribution in [0.3, 0.4) is 0 Å². The van der Waals surface area contributed by atoms with Crippen LogP contribution in [0.2, 0.25) is 0 Å². The van der Waals surface area contributed by atoms with E-state index >= 15 is 0 Å². The standard InChI is InChI=1S/C12H15NOS/c1-3-9(4-2)12(14)10(8-13)11-6-5-7-15-11/h5-7,9-10H,3-4H2,1-2H3. The molecule has 0 N–H and O–H groups in total. The Labute approximate surface area is 94.5 Å². The van der Waals surface area contributed by atoms with Crippen LogP contribution in [-0.2, 0) is 4.79 Å². The summed E-state index contributed by atoms with van der Waals surface area (Å²) in [7, 11) is 0. The van der Waals surface area contributed by atoms with Crippen molar-refractivity contribution in [3.63, 3.8) is 0 Å². The first kappa shape index (κ1) is 11.9. The second-order valence-electron chi connectivity index (χ2n) is 3.49. The van der Waals surface area contributed by atoms with Gasteiger partial charge in [-0.15, -0.1) is 11.3 Å². The molecule has 80 valence electrons. The van der Waals surface area contributed by atoms with Crippen LogP contribution < -0.4 is 0 Å². The van der Waals surface area contributed by atoms with Crippen LogP contribution in [-0.4, -0.2) is 5.78 Å². The van der Waals surface area contributed by atoms with E-state index in [-0.39, 0.29) is 11.7 Å². The van der Waals surface area contributed by atoms with Gasteiger partial charge in [0, 0.05) is 10.8 Å². The Bertz CT molecular complexity index is 346. The predicted molar refractivity (Wildman–Crippen MR) is 61.8 cm³/mol. The van der Waals surface area contributed by atoms with Gasteiger partial charge in [0.25, 0.3) is 0 Å². The maximum Gasteiger partial charge on any atom is 0.158 e. The summed E-state index contributed by atoms with van der Waals surface area (Å²) in [5, 5.41) is 10.9. The topological polar surface area (TPSA) is 40.9 Å². The summed E-state index contributed by atoms with van der Waals surface area (Å²) < 4.78 is 0. The maximum atomic E-state index is 12.0. The molecule has 1 unspecified atom stereocenters. The van der Waals surface area contributed by atoms with Crippen molar-refractivity contribution in [2.24, 2.45) is 5.92 Å². The Hall–Kier alpha value is -1.14. The Morgan fingerprint density at radius 2 is 2.20 bits per heavy atom. The minimum atomic E-state index is -0.560. The van der Waals surface area contributed by atoms with Gasteiger partial charge in [-0.05, 0) is 24.3 Å². The summed E-state index contributed by atoms with van der Waals surface area (Å²) in [4.78, 5) is 12.9. The summed E-state index contributed by atoms with van der Waals surface area (Å²) in [5.41, 5.74) is 0. The Balaban J connectivity index is 2.85. The van der Waals surface area contributed by atoms with Gasteiger partial charge in [-0.1, -0.05) is 19.9 Å². The van der Waals surface area contributed by atoms with Crippen LogP contribution >= 0.6 is 11.3 Å². The highest BCUT2D eigenvalue weighted by Gasteiger charge is 2.26. The maximum absolute atomic E-state index is 12.0. The zero-order valence-corrected chi connectivity index (χ0v) is 9.88. The largest absolute Gasteiger partial charge is 0.297 e. The molecule has 0 saturated carbocycles. The van der Waals surface area contributed by atoms with E-state index in [2.05, 4.69) is 6.07 Å². The van der Waals surface area contributed by atoms with Crippen LogP contribution in [0.15, 0.2) is 17.5 Å². The van der Waals surface area contributed by atoms with Crippen molar-refractivity contribution in [1.29, 1.82) is 5.26 Å². The minimum absolute atomic E-state index is 0.0248. The van der Waals surface area contributed by atoms with Crippen LogP contribution in [0.25, 0.3) is 0 Å². The van der Waals surface area contributed by atoms with E-state index in [0.29, 0.717) is 0 Å². The molecule has 0 radical (unpaired) electrons. The number of thiophene rings is 1. The first-order chi connectivity index (χ1) is 7.24. The van der Waals surface area contributed by atoms with Gasteiger partial charge in [0.1, 0.15) is 5.92 Å². The number of carbonyl (C=O) groups excluding carboxylic acids is 1. The Morgan fingerprint density at radius 3 is 2.60 bits per heavy atom. The first-order valence-corrected chi connectivity index (χ1v) is 6.09. The average Bonchev–Trinajstić information content (AvgIpc) is 2.74. The van der Waals surface area contributed by atoms with Gasteiger partial charge in [-0.3, -0.25) is 4.79 Å². The molecule has 0 bridgehead atoms. The van der Waals surface area contributed by atoms with Crippen LogP contribution in [0.1, 0.15) is 37.5 Å². The summed E-state index contributed by atoms with van der Waals surface area (Å²) >= 11 is 1.48. The van der Waals surface area contributed by atoms with E-state index in [1.807, 2.05) is 31.4 Å². The summed E-state index contributed by atoms with van der Waals surface area (Å²) in [6, 6.07) is 5.85. The van der Waals surface area contributed by atoms with E-state index in [4.69, 9.17) is 5.26 Å². The monoisotopic (exact) mass is 221 g/mol. The fourth-order valence-corrected chi connectivity index (χ4v) is 2.43. The number of nitriles is 1. The van der Waals surface area contributed by atoms with E-state index in [9.17, 15) is 4.79 Å². The number of Topliss-reactive ketones (excluding diaryl/α,β-unsaturated/α-hetero) is 1. The first-order valence-electron chi connectivity index (χ1n) is 5.21. The molecule has 0 saturated heterocycles. The van der Waals surface area contributed by atoms with Crippen LogP contribution in [0.5, 0.6) is 0 Å². The summed E-state index contributed by atoms with van der Waals surface area (Å²) in [6.45, 7) is 3.99. The molecule has 1 atom stereocenters. The molecule has 0 aromatic carbocycles. The van der Waals surface area contributed by atoms with E-state index < -0.39 is 5.92 Å². The highest BCUT2D eigenvalue weighted by Crippen LogP contribution is 2.26. The molecule has 2 nitrogen and oxygen atoms in total. The molecule has 15 heavy (non-hydrogen) atoms. The predicted octanol–water partition coefficient (Wildman–Crippen LogP) is 3.36. The lowest BCUT2D eigenvalue weighted by Gasteiger charge is -2.13. The van der Waals surface area contributed by atoms with Crippen molar-refractivity contribution in [3.8, 4) is 6.07 Å². The highest BCUT2D eigenvalue weighted by atomic mass is 32.1. The smallest absolute Gasteiger partial charge is 0.158 e. The number of nitrogens with zero attached hydrogens (tertiary/aromatic N) is 1. The van der Waals surface area contributed by atoms with Crippen molar-refractivity contribution >= 4 is 17.1 Å². The SMILES string of the molecule is CCC(CC)C(=O)C(C#N)c1cccs1. The molecule has 0 fully saturated rings. The van der Waals surface area contributed by atoms with Crippen molar-refractivity contribution in [2.45, 2.75) is 32.6 Å². The lowest BCUT2D eigenvalue weighted by atomic mass is 9.89. The number of hydrogen-bond donors (Lipinski definition) is 0. The number of rotatable bonds is 5. The molecular formula is C12H15NOS. The van der Waals surface area contributed by atoms with Gasteiger partial charge in [0.2, 0.25) is 0 Å². The van der Waals surface area contributed by atoms with Gasteiger partial charge in [-0.25, -0.2) is 0 Å². The summed E-state index contributed by atoms with van der Waals surface area (Å²) in [6.07, 6.45) is 1.64. The number of carbonyl (C=O) groups is 1. The molecule has 0 aliphatic carbocycles. The third kappa shape index (κ3) is 2.66. The summed E-state index contributed by atoms with van der Waals surface area (Å²) in [5.74, 6) is -0.461. The molecular weight excluding hydrogens is 206 g/mol. The second kappa shape index (κ2) is 5.67. The minimum Gasteiger partial charge on any atom is -0.297 e. The van der Waals surface area contributed by atoms with Crippen LogP contribution in [0.4, 0.5) is 0 Å². The quantitative estimate of drug-likeness (QED) is 0.765. The Kier molecular flexibility index (Phi) is 4.51. The molecule has 1 rings (SSSR count). The van der Waals surface area contributed by atoms with Gasteiger partial charge in [0.05, 0.1) is 6.07 Å². The molecule has 0 aliphatic rings. The van der Waals surface area contributed by atoms with Gasteiger partial charge in [-0.2, -0.15) is 5.26 Å². The second-order valence-corrected chi connectivity index (χ2v) is 4.47. The highest BCUT2D eigenvalue weighted by molar-refractivity contribution is 7.10. The van der Waals surface area contributed by atoms with Gasteiger partial charge in [0.15, 0.2) is 5.78 Å². The zero-order chi connectivity index (χ0) is 11.3.